The molecule has 0 bridgehead atoms. The molecule has 0 saturated carbocycles. The highest BCUT2D eigenvalue weighted by Crippen LogP contribution is 2.19. The first-order valence-electron chi connectivity index (χ1n) is 4.52. The number of halogens is 1. The van der Waals surface area contributed by atoms with E-state index in [2.05, 4.69) is 20.9 Å². The molecule has 1 aromatic rings. The van der Waals surface area contributed by atoms with Gasteiger partial charge in [0.15, 0.2) is 0 Å². The highest BCUT2D eigenvalue weighted by atomic mass is 79.9. The maximum Gasteiger partial charge on any atom is 0.131 e. The van der Waals surface area contributed by atoms with E-state index in [9.17, 15) is 5.11 Å². The summed E-state index contributed by atoms with van der Waals surface area (Å²) in [5, 5.41) is 9.25. The van der Waals surface area contributed by atoms with Crippen LogP contribution in [0.15, 0.2) is 16.7 Å². The van der Waals surface area contributed by atoms with Gasteiger partial charge in [-0.3, -0.25) is 0 Å². The summed E-state index contributed by atoms with van der Waals surface area (Å²) in [4.78, 5) is 6.25. The molecule has 0 aromatic carbocycles. The van der Waals surface area contributed by atoms with Gasteiger partial charge in [0.1, 0.15) is 5.82 Å². The third kappa shape index (κ3) is 2.96. The monoisotopic (exact) mass is 258 g/mol. The van der Waals surface area contributed by atoms with Crippen molar-refractivity contribution in [3.8, 4) is 0 Å². The summed E-state index contributed by atoms with van der Waals surface area (Å²) in [6.07, 6.45) is 1.42. The van der Waals surface area contributed by atoms with Crippen LogP contribution in [0.5, 0.6) is 0 Å². The highest BCUT2D eigenvalue weighted by Gasteiger charge is 2.08. The first-order valence-corrected chi connectivity index (χ1v) is 5.31. The lowest BCUT2D eigenvalue weighted by atomic mass is 10.2. The molecule has 3 nitrogen and oxygen atoms in total. The smallest absolute Gasteiger partial charge is 0.131 e. The number of aliphatic hydroxyl groups excluding tert-OH is 1. The Morgan fingerprint density at radius 3 is 2.79 bits per heavy atom. The average molecular weight is 259 g/mol. The molecule has 0 aliphatic carbocycles. The summed E-state index contributed by atoms with van der Waals surface area (Å²) in [6.45, 7) is 4.37. The van der Waals surface area contributed by atoms with Crippen LogP contribution in [-0.4, -0.2) is 29.8 Å². The van der Waals surface area contributed by atoms with Gasteiger partial charge in [0.25, 0.3) is 0 Å². The van der Waals surface area contributed by atoms with Gasteiger partial charge in [-0.15, -0.1) is 0 Å². The first kappa shape index (κ1) is 11.5. The molecule has 78 valence electrons. The molecular weight excluding hydrogens is 244 g/mol. The van der Waals surface area contributed by atoms with Crippen molar-refractivity contribution in [1.82, 2.24) is 4.98 Å². The first-order chi connectivity index (χ1) is 6.50. The van der Waals surface area contributed by atoms with Crippen molar-refractivity contribution in [3.05, 3.63) is 22.3 Å². The van der Waals surface area contributed by atoms with Crippen molar-refractivity contribution in [2.75, 3.05) is 18.5 Å². The predicted octanol–water partition coefficient (Wildman–Crippen LogP) is 1.97. The Bertz CT molecular complexity index is 315. The van der Waals surface area contributed by atoms with Gasteiger partial charge >= 0.3 is 0 Å². The third-order valence-corrected chi connectivity index (χ3v) is 2.35. The Balaban J connectivity index is 2.84. The number of anilines is 1. The SMILES string of the molecule is Cc1cc(Br)cnc1N(C)CC(C)O. The molecular formula is C10H15BrN2O. The lowest BCUT2D eigenvalue weighted by molar-refractivity contribution is 0.201. The number of pyridine rings is 1. The van der Waals surface area contributed by atoms with Crippen LogP contribution in [0, 0.1) is 6.92 Å². The van der Waals surface area contributed by atoms with Gasteiger partial charge in [-0.25, -0.2) is 4.98 Å². The Morgan fingerprint density at radius 1 is 1.64 bits per heavy atom. The molecule has 0 fully saturated rings. The van der Waals surface area contributed by atoms with Crippen molar-refractivity contribution in [2.45, 2.75) is 20.0 Å². The minimum absolute atomic E-state index is 0.343. The molecule has 1 heterocycles. The van der Waals surface area contributed by atoms with Gasteiger partial charge in [-0.05, 0) is 41.4 Å². The summed E-state index contributed by atoms with van der Waals surface area (Å²) in [5.41, 5.74) is 1.10. The fraction of sp³-hybridized carbons (Fsp3) is 0.500. The zero-order valence-electron chi connectivity index (χ0n) is 8.66. The standard InChI is InChI=1S/C10H15BrN2O/c1-7-4-9(11)5-12-10(7)13(3)6-8(2)14/h4-5,8,14H,6H2,1-3H3. The van der Waals surface area contributed by atoms with E-state index in [1.54, 1.807) is 13.1 Å². The van der Waals surface area contributed by atoms with Crippen LogP contribution in [0.3, 0.4) is 0 Å². The van der Waals surface area contributed by atoms with Gasteiger partial charge in [0.2, 0.25) is 0 Å². The Labute approximate surface area is 92.9 Å². The maximum absolute atomic E-state index is 9.25. The third-order valence-electron chi connectivity index (χ3n) is 1.92. The summed E-state index contributed by atoms with van der Waals surface area (Å²) in [5.74, 6) is 0.911. The number of aryl methyl sites for hydroxylation is 1. The van der Waals surface area contributed by atoms with Crippen LogP contribution < -0.4 is 4.90 Å². The lowest BCUT2D eigenvalue weighted by Crippen LogP contribution is -2.28. The fourth-order valence-electron chi connectivity index (χ4n) is 1.42. The molecule has 1 unspecified atom stereocenters. The van der Waals surface area contributed by atoms with Crippen molar-refractivity contribution >= 4 is 21.7 Å². The van der Waals surface area contributed by atoms with Crippen molar-refractivity contribution in [1.29, 1.82) is 0 Å². The maximum atomic E-state index is 9.25. The van der Waals surface area contributed by atoms with Gasteiger partial charge in [0.05, 0.1) is 6.10 Å². The minimum Gasteiger partial charge on any atom is -0.392 e. The fourth-order valence-corrected chi connectivity index (χ4v) is 1.86. The normalized spacial score (nSPS) is 12.6. The number of rotatable bonds is 3. The Morgan fingerprint density at radius 2 is 2.29 bits per heavy atom. The predicted molar refractivity (Wildman–Crippen MR) is 61.6 cm³/mol. The van der Waals surface area contributed by atoms with Crippen molar-refractivity contribution in [2.24, 2.45) is 0 Å². The second kappa shape index (κ2) is 4.75. The number of hydrogen-bond donors (Lipinski definition) is 1. The Kier molecular flexibility index (Phi) is 3.89. The lowest BCUT2D eigenvalue weighted by Gasteiger charge is -2.21. The van der Waals surface area contributed by atoms with Gasteiger partial charge in [-0.2, -0.15) is 0 Å². The number of likely N-dealkylation sites (N-methyl/N-ethyl adjacent to an activating group) is 1. The Hall–Kier alpha value is -0.610. The molecule has 0 amide bonds. The molecule has 0 saturated heterocycles. The molecule has 0 spiro atoms. The van der Waals surface area contributed by atoms with Crippen LogP contribution in [-0.2, 0) is 0 Å². The summed E-state index contributed by atoms with van der Waals surface area (Å²) in [6, 6.07) is 2.01. The minimum atomic E-state index is -0.343. The molecule has 1 rings (SSSR count). The summed E-state index contributed by atoms with van der Waals surface area (Å²) < 4.78 is 0.976. The van der Waals surface area contributed by atoms with E-state index in [4.69, 9.17) is 0 Å². The van der Waals surface area contributed by atoms with E-state index in [1.165, 1.54) is 0 Å². The summed E-state index contributed by atoms with van der Waals surface area (Å²) in [7, 11) is 1.93. The molecule has 4 heteroatoms. The molecule has 1 N–H and O–H groups in total. The molecule has 0 aliphatic heterocycles. The van der Waals surface area contributed by atoms with E-state index in [1.807, 2.05) is 24.9 Å². The van der Waals surface area contributed by atoms with Crippen molar-refractivity contribution < 1.29 is 5.11 Å². The second-order valence-corrected chi connectivity index (χ2v) is 4.44. The van der Waals surface area contributed by atoms with Crippen LogP contribution >= 0.6 is 15.9 Å². The largest absolute Gasteiger partial charge is 0.392 e. The van der Waals surface area contributed by atoms with Crippen LogP contribution in [0.4, 0.5) is 5.82 Å². The van der Waals surface area contributed by atoms with E-state index in [0.717, 1.165) is 15.9 Å². The molecule has 1 atom stereocenters. The van der Waals surface area contributed by atoms with E-state index in [-0.39, 0.29) is 6.10 Å². The quantitative estimate of drug-likeness (QED) is 0.901. The zero-order chi connectivity index (χ0) is 10.7. The number of aliphatic hydroxyl groups is 1. The summed E-state index contributed by atoms with van der Waals surface area (Å²) >= 11 is 3.37. The van der Waals surface area contributed by atoms with E-state index < -0.39 is 0 Å². The van der Waals surface area contributed by atoms with Gasteiger partial charge in [0, 0.05) is 24.3 Å². The van der Waals surface area contributed by atoms with Crippen LogP contribution in [0.2, 0.25) is 0 Å². The van der Waals surface area contributed by atoms with E-state index >= 15 is 0 Å². The number of aromatic nitrogens is 1. The van der Waals surface area contributed by atoms with Gasteiger partial charge < -0.3 is 10.0 Å². The molecule has 1 aromatic heterocycles. The highest BCUT2D eigenvalue weighted by molar-refractivity contribution is 9.10. The average Bonchev–Trinajstić information content (AvgIpc) is 2.01. The van der Waals surface area contributed by atoms with Crippen molar-refractivity contribution in [3.63, 3.8) is 0 Å². The van der Waals surface area contributed by atoms with Crippen LogP contribution in [0.25, 0.3) is 0 Å². The number of hydrogen-bond acceptors (Lipinski definition) is 3. The second-order valence-electron chi connectivity index (χ2n) is 3.52. The van der Waals surface area contributed by atoms with Gasteiger partial charge in [-0.1, -0.05) is 0 Å². The van der Waals surface area contributed by atoms with E-state index in [0.29, 0.717) is 6.54 Å². The molecule has 0 radical (unpaired) electrons. The number of nitrogens with zero attached hydrogens (tertiary/aromatic N) is 2. The van der Waals surface area contributed by atoms with Crippen LogP contribution in [0.1, 0.15) is 12.5 Å². The topological polar surface area (TPSA) is 36.4 Å². The molecule has 14 heavy (non-hydrogen) atoms. The zero-order valence-corrected chi connectivity index (χ0v) is 10.2. The molecule has 0 aliphatic rings.